The number of halogens is 3. The van der Waals surface area contributed by atoms with Gasteiger partial charge in [-0.05, 0) is 25.1 Å². The lowest BCUT2D eigenvalue weighted by atomic mass is 10.0. The van der Waals surface area contributed by atoms with E-state index in [0.29, 0.717) is 36.8 Å². The van der Waals surface area contributed by atoms with Crippen LogP contribution in [0, 0.1) is 12.7 Å². The van der Waals surface area contributed by atoms with Crippen LogP contribution in [-0.4, -0.2) is 50.9 Å². The molecule has 0 aliphatic carbocycles. The van der Waals surface area contributed by atoms with Gasteiger partial charge in [0.2, 0.25) is 0 Å². The number of rotatable bonds is 4. The molecule has 1 aromatic carbocycles. The highest BCUT2D eigenvalue weighted by atomic mass is 35.5. The summed E-state index contributed by atoms with van der Waals surface area (Å²) >= 11 is 12.1. The minimum absolute atomic E-state index is 0.103. The number of benzene rings is 1. The lowest BCUT2D eigenvalue weighted by Gasteiger charge is -2.26. The van der Waals surface area contributed by atoms with Crippen molar-refractivity contribution in [3.05, 3.63) is 62.8 Å². The van der Waals surface area contributed by atoms with Crippen molar-refractivity contribution in [2.24, 2.45) is 0 Å². The van der Waals surface area contributed by atoms with Crippen molar-refractivity contribution in [3.8, 4) is 0 Å². The van der Waals surface area contributed by atoms with Crippen LogP contribution in [0.2, 0.25) is 10.2 Å². The molecule has 1 aliphatic heterocycles. The number of nitrogens with zero attached hydrogens (tertiary/aromatic N) is 4. The number of aliphatic hydroxyl groups excluding tert-OH is 1. The van der Waals surface area contributed by atoms with E-state index in [2.05, 4.69) is 15.0 Å². The second kappa shape index (κ2) is 7.93. The summed E-state index contributed by atoms with van der Waals surface area (Å²) in [6.07, 6.45) is -1.26. The molecule has 1 aliphatic rings. The number of aryl methyl sites for hydroxylation is 1. The maximum absolute atomic E-state index is 14.4. The molecule has 1 unspecified atom stereocenters. The fraction of sp³-hybridized carbons (Fsp3) is 0.368. The first-order chi connectivity index (χ1) is 13.4. The molecule has 28 heavy (non-hydrogen) atoms. The zero-order valence-electron chi connectivity index (χ0n) is 15.2. The highest BCUT2D eigenvalue weighted by Crippen LogP contribution is 2.30. The van der Waals surface area contributed by atoms with E-state index < -0.39 is 11.9 Å². The van der Waals surface area contributed by atoms with Crippen LogP contribution in [-0.2, 0) is 11.3 Å². The first-order valence-corrected chi connectivity index (χ1v) is 9.67. The Hall–Kier alpha value is -1.77. The molecule has 2 aromatic heterocycles. The Morgan fingerprint density at radius 3 is 2.71 bits per heavy atom. The molecular formula is C19H19Cl2FN4O2. The van der Waals surface area contributed by atoms with Crippen molar-refractivity contribution in [1.29, 1.82) is 0 Å². The second-order valence-electron chi connectivity index (χ2n) is 6.77. The van der Waals surface area contributed by atoms with Crippen molar-refractivity contribution >= 4 is 28.8 Å². The average molecular weight is 425 g/mol. The van der Waals surface area contributed by atoms with Gasteiger partial charge in [-0.2, -0.15) is 5.10 Å². The van der Waals surface area contributed by atoms with E-state index in [9.17, 15) is 9.50 Å². The molecule has 0 saturated carbocycles. The van der Waals surface area contributed by atoms with Gasteiger partial charge >= 0.3 is 0 Å². The Bertz CT molecular complexity index is 1020. The van der Waals surface area contributed by atoms with Crippen molar-refractivity contribution < 1.29 is 14.2 Å². The molecule has 3 heterocycles. The fourth-order valence-corrected chi connectivity index (χ4v) is 3.84. The second-order valence-corrected chi connectivity index (χ2v) is 7.59. The maximum atomic E-state index is 14.4. The van der Waals surface area contributed by atoms with Gasteiger partial charge < -0.3 is 9.84 Å². The quantitative estimate of drug-likeness (QED) is 0.695. The predicted molar refractivity (Wildman–Crippen MR) is 104 cm³/mol. The van der Waals surface area contributed by atoms with E-state index in [1.165, 1.54) is 22.7 Å². The van der Waals surface area contributed by atoms with Crippen LogP contribution in [0.1, 0.15) is 28.6 Å². The highest BCUT2D eigenvalue weighted by Gasteiger charge is 2.25. The normalized spacial score (nSPS) is 16.6. The summed E-state index contributed by atoms with van der Waals surface area (Å²) in [5.74, 6) is -0.593. The van der Waals surface area contributed by atoms with Gasteiger partial charge in [0.15, 0.2) is 10.8 Å². The van der Waals surface area contributed by atoms with E-state index in [4.69, 9.17) is 27.9 Å². The third-order valence-corrected chi connectivity index (χ3v) is 5.28. The largest absolute Gasteiger partial charge is 0.382 e. The molecular weight excluding hydrogens is 406 g/mol. The van der Waals surface area contributed by atoms with Crippen molar-refractivity contribution in [1.82, 2.24) is 19.5 Å². The van der Waals surface area contributed by atoms with Crippen molar-refractivity contribution in [2.75, 3.05) is 26.3 Å². The molecule has 3 aromatic rings. The molecule has 0 radical (unpaired) electrons. The van der Waals surface area contributed by atoms with Crippen molar-refractivity contribution in [3.63, 3.8) is 0 Å². The van der Waals surface area contributed by atoms with E-state index in [0.717, 1.165) is 18.7 Å². The number of aliphatic hydroxyl groups is 1. The lowest BCUT2D eigenvalue weighted by Crippen LogP contribution is -2.35. The number of morpholine rings is 1. The molecule has 1 atom stereocenters. The SMILES string of the molecule is Cc1nc2c(CN3CCOCC3)cc(Cl)nn2c1C(O)c1ccc(Cl)cc1F. The van der Waals surface area contributed by atoms with Crippen LogP contribution in [0.3, 0.4) is 0 Å². The number of ether oxygens (including phenoxy) is 1. The minimum Gasteiger partial charge on any atom is -0.382 e. The Balaban J connectivity index is 1.78. The van der Waals surface area contributed by atoms with Crippen LogP contribution in [0.15, 0.2) is 24.3 Å². The third-order valence-electron chi connectivity index (χ3n) is 4.86. The van der Waals surface area contributed by atoms with Gasteiger partial charge in [-0.3, -0.25) is 4.90 Å². The number of fused-ring (bicyclic) bond motifs is 1. The van der Waals surface area contributed by atoms with Crippen LogP contribution >= 0.6 is 23.2 Å². The van der Waals surface area contributed by atoms with Gasteiger partial charge in [0, 0.05) is 35.8 Å². The predicted octanol–water partition coefficient (Wildman–Crippen LogP) is 3.40. The monoisotopic (exact) mass is 424 g/mol. The first kappa shape index (κ1) is 19.5. The molecule has 9 heteroatoms. The van der Waals surface area contributed by atoms with Crippen LogP contribution in [0.5, 0.6) is 0 Å². The van der Waals surface area contributed by atoms with Crippen LogP contribution < -0.4 is 0 Å². The average Bonchev–Trinajstić information content (AvgIpc) is 2.98. The topological polar surface area (TPSA) is 62.9 Å². The third kappa shape index (κ3) is 3.73. The van der Waals surface area contributed by atoms with E-state index in [1.54, 1.807) is 13.0 Å². The zero-order valence-corrected chi connectivity index (χ0v) is 16.7. The summed E-state index contributed by atoms with van der Waals surface area (Å²) in [6.45, 7) is 5.39. The molecule has 6 nitrogen and oxygen atoms in total. The van der Waals surface area contributed by atoms with Crippen LogP contribution in [0.4, 0.5) is 4.39 Å². The number of hydrogen-bond acceptors (Lipinski definition) is 5. The summed E-state index contributed by atoms with van der Waals surface area (Å²) in [7, 11) is 0. The molecule has 1 fully saturated rings. The Labute approximate surface area is 171 Å². The van der Waals surface area contributed by atoms with E-state index >= 15 is 0 Å². The number of hydrogen-bond donors (Lipinski definition) is 1. The summed E-state index contributed by atoms with van der Waals surface area (Å²) in [5, 5.41) is 15.7. The first-order valence-electron chi connectivity index (χ1n) is 8.92. The highest BCUT2D eigenvalue weighted by molar-refractivity contribution is 6.30. The van der Waals surface area contributed by atoms with Crippen LogP contribution in [0.25, 0.3) is 5.65 Å². The lowest BCUT2D eigenvalue weighted by molar-refractivity contribution is 0.0343. The van der Waals surface area contributed by atoms with E-state index in [1.807, 2.05) is 0 Å². The molecule has 148 valence electrons. The summed E-state index contributed by atoms with van der Waals surface area (Å²) in [5.41, 5.74) is 2.52. The minimum atomic E-state index is -1.26. The molecule has 4 rings (SSSR count). The Morgan fingerprint density at radius 1 is 1.25 bits per heavy atom. The van der Waals surface area contributed by atoms with Gasteiger partial charge in [-0.1, -0.05) is 29.3 Å². The van der Waals surface area contributed by atoms with Gasteiger partial charge in [0.1, 0.15) is 11.9 Å². The van der Waals surface area contributed by atoms with Crippen molar-refractivity contribution in [2.45, 2.75) is 19.6 Å². The number of imidazole rings is 1. The van der Waals surface area contributed by atoms with Gasteiger partial charge in [-0.15, -0.1) is 0 Å². The molecule has 0 bridgehead atoms. The van der Waals surface area contributed by atoms with E-state index in [-0.39, 0.29) is 15.7 Å². The number of aromatic nitrogens is 3. The Morgan fingerprint density at radius 2 is 2.00 bits per heavy atom. The Kier molecular flexibility index (Phi) is 5.53. The summed E-state index contributed by atoms with van der Waals surface area (Å²) in [6, 6.07) is 5.94. The zero-order chi connectivity index (χ0) is 19.8. The standard InChI is InChI=1S/C19H19Cl2FN4O2/c1-11-17(18(27)14-3-2-13(20)9-15(14)22)26-19(23-11)12(8-16(21)24-26)10-25-4-6-28-7-5-25/h2-3,8-9,18,27H,4-7,10H2,1H3. The summed E-state index contributed by atoms with van der Waals surface area (Å²) in [4.78, 5) is 6.83. The van der Waals surface area contributed by atoms with Gasteiger partial charge in [0.05, 0.1) is 24.6 Å². The summed E-state index contributed by atoms with van der Waals surface area (Å²) < 4.78 is 21.3. The van der Waals surface area contributed by atoms with Gasteiger partial charge in [0.25, 0.3) is 0 Å². The molecule has 1 N–H and O–H groups in total. The van der Waals surface area contributed by atoms with Gasteiger partial charge in [-0.25, -0.2) is 13.9 Å². The fourth-order valence-electron chi connectivity index (χ4n) is 3.47. The maximum Gasteiger partial charge on any atom is 0.158 e. The molecule has 0 amide bonds. The smallest absolute Gasteiger partial charge is 0.158 e. The molecule has 1 saturated heterocycles. The molecule has 0 spiro atoms.